The summed E-state index contributed by atoms with van der Waals surface area (Å²) in [6.07, 6.45) is 8.74. The molecule has 2 heterocycles. The van der Waals surface area contributed by atoms with Gasteiger partial charge in [-0.25, -0.2) is 0 Å². The largest absolute Gasteiger partial charge is 0.342 e. The van der Waals surface area contributed by atoms with Crippen LogP contribution in [0.2, 0.25) is 0 Å². The molecule has 5 nitrogen and oxygen atoms in total. The lowest BCUT2D eigenvalue weighted by Crippen LogP contribution is -2.45. The number of hydrogen-bond acceptors (Lipinski definition) is 3. The van der Waals surface area contributed by atoms with Crippen LogP contribution in [0.25, 0.3) is 0 Å². The molecule has 1 aliphatic rings. The van der Waals surface area contributed by atoms with Crippen LogP contribution in [0.15, 0.2) is 42.7 Å². The molecular weight excluding hydrogens is 324 g/mol. The van der Waals surface area contributed by atoms with Crippen molar-refractivity contribution in [2.45, 2.75) is 52.5 Å². The molecule has 0 unspecified atom stereocenters. The molecule has 1 fully saturated rings. The maximum atomic E-state index is 13.0. The minimum Gasteiger partial charge on any atom is -0.342 e. The smallest absolute Gasteiger partial charge is 0.228 e. The number of aryl methyl sites for hydroxylation is 1. The van der Waals surface area contributed by atoms with Crippen LogP contribution in [0.5, 0.6) is 0 Å². The van der Waals surface area contributed by atoms with Crippen LogP contribution in [-0.2, 0) is 17.8 Å². The zero-order valence-electron chi connectivity index (χ0n) is 16.0. The lowest BCUT2D eigenvalue weighted by atomic mass is 9.84. The van der Waals surface area contributed by atoms with Crippen molar-refractivity contribution in [2.75, 3.05) is 13.1 Å². The Kier molecular flexibility index (Phi) is 6.07. The summed E-state index contributed by atoms with van der Waals surface area (Å²) in [4.78, 5) is 15.1. The summed E-state index contributed by atoms with van der Waals surface area (Å²) in [7, 11) is 0. The first kappa shape index (κ1) is 18.6. The minimum absolute atomic E-state index is 0.284. The number of hydrogen-bond donors (Lipinski definition) is 0. The fourth-order valence-corrected chi connectivity index (χ4v) is 3.83. The standard InChI is InChI=1S/C21H30N4O/c1-21(2,12-6-9-18-7-4-3-5-8-18)20(26)24-14-10-19(11-15-24)17-25-16-13-22-23-25/h3-5,7-8,13,16,19H,6,9-12,14-15,17H2,1-2H3. The Morgan fingerprint density at radius 3 is 2.58 bits per heavy atom. The highest BCUT2D eigenvalue weighted by Crippen LogP contribution is 2.29. The molecule has 0 radical (unpaired) electrons. The van der Waals surface area contributed by atoms with Crippen molar-refractivity contribution in [1.82, 2.24) is 19.9 Å². The molecule has 1 amide bonds. The summed E-state index contributed by atoms with van der Waals surface area (Å²) in [6.45, 7) is 6.83. The summed E-state index contributed by atoms with van der Waals surface area (Å²) in [6, 6.07) is 10.5. The van der Waals surface area contributed by atoms with Crippen molar-refractivity contribution in [3.63, 3.8) is 0 Å². The van der Waals surface area contributed by atoms with Crippen molar-refractivity contribution in [3.05, 3.63) is 48.3 Å². The van der Waals surface area contributed by atoms with E-state index < -0.39 is 0 Å². The minimum atomic E-state index is -0.284. The molecule has 1 saturated heterocycles. The van der Waals surface area contributed by atoms with Crippen LogP contribution >= 0.6 is 0 Å². The fraction of sp³-hybridized carbons (Fsp3) is 0.571. The average Bonchev–Trinajstić information content (AvgIpc) is 3.15. The van der Waals surface area contributed by atoms with Gasteiger partial charge in [0, 0.05) is 31.2 Å². The number of likely N-dealkylation sites (tertiary alicyclic amines) is 1. The first-order chi connectivity index (χ1) is 12.5. The number of carbonyl (C=O) groups is 1. The van der Waals surface area contributed by atoms with E-state index in [0.717, 1.165) is 51.7 Å². The maximum Gasteiger partial charge on any atom is 0.228 e. The normalized spacial score (nSPS) is 16.0. The zero-order chi connectivity index (χ0) is 18.4. The third kappa shape index (κ3) is 4.93. The van der Waals surface area contributed by atoms with Crippen LogP contribution in [0.4, 0.5) is 0 Å². The quantitative estimate of drug-likeness (QED) is 0.764. The van der Waals surface area contributed by atoms with Crippen LogP contribution < -0.4 is 0 Å². The van der Waals surface area contributed by atoms with Gasteiger partial charge in [-0.05, 0) is 43.6 Å². The molecule has 5 heteroatoms. The van der Waals surface area contributed by atoms with Crippen LogP contribution in [0, 0.1) is 11.3 Å². The van der Waals surface area contributed by atoms with Gasteiger partial charge >= 0.3 is 0 Å². The molecule has 0 atom stereocenters. The van der Waals surface area contributed by atoms with Gasteiger partial charge in [0.2, 0.25) is 5.91 Å². The van der Waals surface area contributed by atoms with E-state index in [-0.39, 0.29) is 5.41 Å². The van der Waals surface area contributed by atoms with Gasteiger partial charge in [0.1, 0.15) is 0 Å². The predicted octanol–water partition coefficient (Wildman–Crippen LogP) is 3.57. The first-order valence-electron chi connectivity index (χ1n) is 9.72. The van der Waals surface area contributed by atoms with Gasteiger partial charge in [-0.1, -0.05) is 49.4 Å². The van der Waals surface area contributed by atoms with E-state index in [9.17, 15) is 4.79 Å². The Balaban J connectivity index is 1.44. The molecule has 2 aromatic rings. The number of rotatable bonds is 7. The van der Waals surface area contributed by atoms with Crippen molar-refractivity contribution in [1.29, 1.82) is 0 Å². The highest BCUT2D eigenvalue weighted by Gasteiger charge is 2.33. The van der Waals surface area contributed by atoms with Gasteiger partial charge in [-0.2, -0.15) is 0 Å². The Bertz CT molecular complexity index is 673. The summed E-state index contributed by atoms with van der Waals surface area (Å²) >= 11 is 0. The van der Waals surface area contributed by atoms with E-state index in [0.29, 0.717) is 11.8 Å². The van der Waals surface area contributed by atoms with Crippen LogP contribution in [0.1, 0.15) is 45.1 Å². The molecule has 0 N–H and O–H groups in total. The molecule has 1 aromatic carbocycles. The topological polar surface area (TPSA) is 51.0 Å². The SMILES string of the molecule is CC(C)(CCCc1ccccc1)C(=O)N1CCC(Cn2ccnn2)CC1. The van der Waals surface area contributed by atoms with Gasteiger partial charge in [0.15, 0.2) is 0 Å². The summed E-state index contributed by atoms with van der Waals surface area (Å²) in [5, 5.41) is 7.91. The van der Waals surface area contributed by atoms with Crippen LogP contribution in [-0.4, -0.2) is 38.9 Å². The molecule has 1 aromatic heterocycles. The molecule has 0 saturated carbocycles. The molecule has 0 bridgehead atoms. The molecule has 3 rings (SSSR count). The second-order valence-corrected chi connectivity index (χ2v) is 8.08. The Morgan fingerprint density at radius 2 is 1.92 bits per heavy atom. The lowest BCUT2D eigenvalue weighted by Gasteiger charge is -2.37. The van der Waals surface area contributed by atoms with E-state index in [1.54, 1.807) is 6.20 Å². The maximum absolute atomic E-state index is 13.0. The van der Waals surface area contributed by atoms with Gasteiger partial charge in [0.05, 0.1) is 6.20 Å². The summed E-state index contributed by atoms with van der Waals surface area (Å²) in [5.74, 6) is 0.895. The van der Waals surface area contributed by atoms with Crippen molar-refractivity contribution >= 4 is 5.91 Å². The fourth-order valence-electron chi connectivity index (χ4n) is 3.83. The van der Waals surface area contributed by atoms with E-state index in [4.69, 9.17) is 0 Å². The Hall–Kier alpha value is -2.17. The van der Waals surface area contributed by atoms with Crippen molar-refractivity contribution in [2.24, 2.45) is 11.3 Å². The first-order valence-corrected chi connectivity index (χ1v) is 9.72. The molecule has 0 aliphatic carbocycles. The van der Waals surface area contributed by atoms with E-state index in [1.165, 1.54) is 5.56 Å². The van der Waals surface area contributed by atoms with E-state index >= 15 is 0 Å². The zero-order valence-corrected chi connectivity index (χ0v) is 16.0. The number of carbonyl (C=O) groups excluding carboxylic acids is 1. The number of aromatic nitrogens is 3. The highest BCUT2D eigenvalue weighted by atomic mass is 16.2. The van der Waals surface area contributed by atoms with Gasteiger partial charge < -0.3 is 4.90 Å². The highest BCUT2D eigenvalue weighted by molar-refractivity contribution is 5.82. The van der Waals surface area contributed by atoms with Gasteiger partial charge in [-0.15, -0.1) is 5.10 Å². The average molecular weight is 354 g/mol. The summed E-state index contributed by atoms with van der Waals surface area (Å²) in [5.41, 5.74) is 1.07. The van der Waals surface area contributed by atoms with Gasteiger partial charge in [0.25, 0.3) is 0 Å². The predicted molar refractivity (Wildman–Crippen MR) is 102 cm³/mol. The Labute approximate surface area is 156 Å². The second kappa shape index (κ2) is 8.47. The number of nitrogens with zero attached hydrogens (tertiary/aromatic N) is 4. The summed E-state index contributed by atoms with van der Waals surface area (Å²) < 4.78 is 1.90. The van der Waals surface area contributed by atoms with E-state index in [2.05, 4.69) is 53.3 Å². The molecular formula is C21H30N4O. The van der Waals surface area contributed by atoms with Crippen molar-refractivity contribution < 1.29 is 4.79 Å². The third-order valence-electron chi connectivity index (χ3n) is 5.51. The number of piperidine rings is 1. The third-order valence-corrected chi connectivity index (χ3v) is 5.51. The van der Waals surface area contributed by atoms with Gasteiger partial charge in [-0.3, -0.25) is 9.48 Å². The number of amides is 1. The molecule has 0 spiro atoms. The Morgan fingerprint density at radius 1 is 1.19 bits per heavy atom. The van der Waals surface area contributed by atoms with Crippen LogP contribution in [0.3, 0.4) is 0 Å². The molecule has 26 heavy (non-hydrogen) atoms. The monoisotopic (exact) mass is 354 g/mol. The molecule has 1 aliphatic heterocycles. The molecule has 140 valence electrons. The van der Waals surface area contributed by atoms with E-state index in [1.807, 2.05) is 16.9 Å². The lowest BCUT2D eigenvalue weighted by molar-refractivity contribution is -0.142. The second-order valence-electron chi connectivity index (χ2n) is 8.08. The number of benzene rings is 1. The van der Waals surface area contributed by atoms with Crippen molar-refractivity contribution in [3.8, 4) is 0 Å².